The van der Waals surface area contributed by atoms with Crippen LogP contribution in [0.15, 0.2) is 30.3 Å². The number of nitrogens with zero attached hydrogens (tertiary/aromatic N) is 5. The molecular weight excluding hydrogens is 413 g/mol. The molecule has 0 bridgehead atoms. The topological polar surface area (TPSA) is 105 Å². The maximum Gasteiger partial charge on any atom is 0.319 e. The molecule has 4 rings (SSSR count). The first kappa shape index (κ1) is 21.7. The number of aryl methyl sites for hydroxylation is 2. The number of piperidine rings is 1. The van der Waals surface area contributed by atoms with E-state index in [0.717, 1.165) is 24.2 Å². The van der Waals surface area contributed by atoms with E-state index in [2.05, 4.69) is 25.7 Å². The summed E-state index contributed by atoms with van der Waals surface area (Å²) in [6, 6.07) is 7.25. The molecule has 0 aliphatic carbocycles. The van der Waals surface area contributed by atoms with Gasteiger partial charge in [0.15, 0.2) is 5.82 Å². The predicted octanol–water partition coefficient (Wildman–Crippen LogP) is 2.48. The molecular formula is C22H26FN7O2. The van der Waals surface area contributed by atoms with E-state index in [4.69, 9.17) is 0 Å². The van der Waals surface area contributed by atoms with Crippen molar-refractivity contribution >= 4 is 23.4 Å². The first-order valence-electron chi connectivity index (χ1n) is 10.7. The Balaban J connectivity index is 1.30. The van der Waals surface area contributed by atoms with Gasteiger partial charge in [-0.2, -0.15) is 4.98 Å². The normalized spacial score (nSPS) is 16.2. The largest absolute Gasteiger partial charge is 0.342 e. The fraction of sp³-hybridized carbons (Fsp3) is 0.409. The Hall–Kier alpha value is -3.56. The van der Waals surface area contributed by atoms with Crippen molar-refractivity contribution < 1.29 is 14.0 Å². The SMILES string of the molecule is Cc1cc(C)n2nc(CC(=O)N3CCCC(CNC(=O)Nc4cccc(F)c4)C3)nc2n1. The van der Waals surface area contributed by atoms with Crippen LogP contribution in [0.2, 0.25) is 0 Å². The van der Waals surface area contributed by atoms with Crippen molar-refractivity contribution in [1.82, 2.24) is 29.8 Å². The number of likely N-dealkylation sites (tertiary alicyclic amines) is 1. The number of carbonyl (C=O) groups is 2. The number of urea groups is 1. The molecule has 0 radical (unpaired) electrons. The van der Waals surface area contributed by atoms with E-state index >= 15 is 0 Å². The second-order valence-electron chi connectivity index (χ2n) is 8.15. The molecule has 0 saturated carbocycles. The molecule has 2 aromatic heterocycles. The Morgan fingerprint density at radius 1 is 1.22 bits per heavy atom. The van der Waals surface area contributed by atoms with Gasteiger partial charge in [-0.25, -0.2) is 18.7 Å². The highest BCUT2D eigenvalue weighted by molar-refractivity contribution is 5.89. The third-order valence-corrected chi connectivity index (χ3v) is 5.48. The van der Waals surface area contributed by atoms with Crippen LogP contribution in [0, 0.1) is 25.6 Å². The van der Waals surface area contributed by atoms with Crippen molar-refractivity contribution in [2.24, 2.45) is 5.92 Å². The number of carbonyl (C=O) groups excluding carboxylic acids is 2. The fourth-order valence-corrected chi connectivity index (χ4v) is 3.97. The van der Waals surface area contributed by atoms with Crippen LogP contribution in [0.1, 0.15) is 30.1 Å². The maximum atomic E-state index is 13.2. The van der Waals surface area contributed by atoms with E-state index in [-0.39, 0.29) is 18.2 Å². The molecule has 1 aliphatic rings. The number of halogens is 1. The van der Waals surface area contributed by atoms with Crippen LogP contribution in [0.3, 0.4) is 0 Å². The van der Waals surface area contributed by atoms with Crippen LogP contribution in [-0.2, 0) is 11.2 Å². The molecule has 1 fully saturated rings. The van der Waals surface area contributed by atoms with Gasteiger partial charge in [0.05, 0.1) is 6.42 Å². The molecule has 168 valence electrons. The first-order chi connectivity index (χ1) is 15.4. The summed E-state index contributed by atoms with van der Waals surface area (Å²) in [6.07, 6.45) is 1.89. The number of anilines is 1. The average molecular weight is 439 g/mol. The number of rotatable bonds is 5. The Morgan fingerprint density at radius 2 is 2.06 bits per heavy atom. The van der Waals surface area contributed by atoms with Crippen LogP contribution in [-0.4, -0.2) is 56.1 Å². The minimum Gasteiger partial charge on any atom is -0.342 e. The zero-order valence-corrected chi connectivity index (χ0v) is 18.1. The van der Waals surface area contributed by atoms with Gasteiger partial charge >= 0.3 is 6.03 Å². The van der Waals surface area contributed by atoms with Gasteiger partial charge in [0, 0.05) is 36.7 Å². The summed E-state index contributed by atoms with van der Waals surface area (Å²) in [4.78, 5) is 35.5. The van der Waals surface area contributed by atoms with Gasteiger partial charge in [-0.1, -0.05) is 6.07 Å². The summed E-state index contributed by atoms with van der Waals surface area (Å²) in [7, 11) is 0. The Bertz CT molecular complexity index is 1150. The second kappa shape index (κ2) is 9.29. The number of hydrogen-bond acceptors (Lipinski definition) is 5. The van der Waals surface area contributed by atoms with E-state index in [9.17, 15) is 14.0 Å². The molecule has 1 unspecified atom stereocenters. The molecule has 3 amide bonds. The van der Waals surface area contributed by atoms with Crippen LogP contribution >= 0.6 is 0 Å². The predicted molar refractivity (Wildman–Crippen MR) is 117 cm³/mol. The molecule has 32 heavy (non-hydrogen) atoms. The van der Waals surface area contributed by atoms with Crippen LogP contribution in [0.4, 0.5) is 14.9 Å². The molecule has 2 N–H and O–H groups in total. The van der Waals surface area contributed by atoms with Crippen molar-refractivity contribution in [2.75, 3.05) is 25.0 Å². The van der Waals surface area contributed by atoms with Crippen molar-refractivity contribution in [1.29, 1.82) is 0 Å². The van der Waals surface area contributed by atoms with Gasteiger partial charge in [-0.15, -0.1) is 5.10 Å². The number of benzene rings is 1. The van der Waals surface area contributed by atoms with Crippen molar-refractivity contribution in [2.45, 2.75) is 33.1 Å². The maximum absolute atomic E-state index is 13.2. The Morgan fingerprint density at radius 3 is 2.88 bits per heavy atom. The summed E-state index contributed by atoms with van der Waals surface area (Å²) in [5, 5.41) is 9.84. The quantitative estimate of drug-likeness (QED) is 0.636. The zero-order valence-electron chi connectivity index (χ0n) is 18.1. The molecule has 0 spiro atoms. The van der Waals surface area contributed by atoms with Crippen LogP contribution in [0.25, 0.3) is 5.78 Å². The first-order valence-corrected chi connectivity index (χ1v) is 10.7. The summed E-state index contributed by atoms with van der Waals surface area (Å²) in [5.74, 6) is 0.641. The fourth-order valence-electron chi connectivity index (χ4n) is 3.97. The summed E-state index contributed by atoms with van der Waals surface area (Å²) in [6.45, 7) is 5.48. The molecule has 1 aromatic carbocycles. The van der Waals surface area contributed by atoms with E-state index in [1.165, 1.54) is 18.2 Å². The zero-order chi connectivity index (χ0) is 22.7. The Labute approximate surface area is 185 Å². The standard InChI is InChI=1S/C22H26FN7O2/c1-14-9-15(2)30-21(25-14)27-19(28-30)11-20(31)29-8-4-5-16(13-29)12-24-22(32)26-18-7-3-6-17(23)10-18/h3,6-7,9-10,16H,4-5,8,11-13H2,1-2H3,(H2,24,26,32). The van der Waals surface area contributed by atoms with Crippen molar-refractivity contribution in [3.05, 3.63) is 53.4 Å². The van der Waals surface area contributed by atoms with Gasteiger partial charge in [0.25, 0.3) is 5.78 Å². The lowest BCUT2D eigenvalue weighted by Gasteiger charge is -2.32. The smallest absolute Gasteiger partial charge is 0.319 e. The average Bonchev–Trinajstić information content (AvgIpc) is 3.15. The molecule has 1 atom stereocenters. The van der Waals surface area contributed by atoms with Gasteiger partial charge < -0.3 is 15.5 Å². The van der Waals surface area contributed by atoms with E-state index in [1.807, 2.05) is 19.9 Å². The number of hydrogen-bond donors (Lipinski definition) is 2. The minimum atomic E-state index is -0.412. The summed E-state index contributed by atoms with van der Waals surface area (Å²) in [5.41, 5.74) is 2.16. The monoisotopic (exact) mass is 439 g/mol. The van der Waals surface area contributed by atoms with Crippen molar-refractivity contribution in [3.8, 4) is 0 Å². The minimum absolute atomic E-state index is 0.0378. The Kier molecular flexibility index (Phi) is 6.29. The summed E-state index contributed by atoms with van der Waals surface area (Å²) < 4.78 is 14.9. The lowest BCUT2D eigenvalue weighted by molar-refractivity contribution is -0.132. The second-order valence-corrected chi connectivity index (χ2v) is 8.15. The van der Waals surface area contributed by atoms with Gasteiger partial charge in [0.2, 0.25) is 5.91 Å². The summed E-state index contributed by atoms with van der Waals surface area (Å²) >= 11 is 0. The van der Waals surface area contributed by atoms with E-state index in [1.54, 1.807) is 15.5 Å². The van der Waals surface area contributed by atoms with Gasteiger partial charge in [-0.05, 0) is 56.9 Å². The number of amides is 3. The van der Waals surface area contributed by atoms with E-state index in [0.29, 0.717) is 36.9 Å². The molecule has 3 heterocycles. The lowest BCUT2D eigenvalue weighted by atomic mass is 9.97. The van der Waals surface area contributed by atoms with Crippen LogP contribution in [0.5, 0.6) is 0 Å². The third kappa shape index (κ3) is 5.19. The third-order valence-electron chi connectivity index (χ3n) is 5.48. The number of fused-ring (bicyclic) bond motifs is 1. The number of aromatic nitrogens is 4. The van der Waals surface area contributed by atoms with Gasteiger partial charge in [0.1, 0.15) is 5.82 Å². The molecule has 9 nitrogen and oxygen atoms in total. The molecule has 1 saturated heterocycles. The lowest BCUT2D eigenvalue weighted by Crippen LogP contribution is -2.44. The highest BCUT2D eigenvalue weighted by atomic mass is 19.1. The van der Waals surface area contributed by atoms with Crippen molar-refractivity contribution in [3.63, 3.8) is 0 Å². The highest BCUT2D eigenvalue weighted by Crippen LogP contribution is 2.17. The van der Waals surface area contributed by atoms with Crippen LogP contribution < -0.4 is 10.6 Å². The molecule has 3 aromatic rings. The molecule has 10 heteroatoms. The highest BCUT2D eigenvalue weighted by Gasteiger charge is 2.25. The van der Waals surface area contributed by atoms with E-state index < -0.39 is 11.8 Å². The van der Waals surface area contributed by atoms with Gasteiger partial charge in [-0.3, -0.25) is 4.79 Å². The number of nitrogens with one attached hydrogen (secondary N) is 2. The molecule has 1 aliphatic heterocycles.